The van der Waals surface area contributed by atoms with Crippen molar-refractivity contribution in [1.82, 2.24) is 5.32 Å². The summed E-state index contributed by atoms with van der Waals surface area (Å²) in [6.45, 7) is 2.25. The first-order valence-electron chi connectivity index (χ1n) is 5.70. The van der Waals surface area contributed by atoms with Crippen LogP contribution < -0.4 is 10.1 Å². The molecule has 0 spiro atoms. The molecule has 0 radical (unpaired) electrons. The molecule has 1 aliphatic heterocycles. The highest BCUT2D eigenvalue weighted by Crippen LogP contribution is 2.31. The van der Waals surface area contributed by atoms with Gasteiger partial charge in [-0.25, -0.2) is 0 Å². The standard InChI is InChI=1S/C13H19NO/c1-10-6-5-8-12(14-10)11-7-3-4-9-13(11)15-2/h3-4,7,9-10,12,14H,5-6,8H2,1-2H3/t10-,12+/m1/s1. The van der Waals surface area contributed by atoms with E-state index in [9.17, 15) is 0 Å². The van der Waals surface area contributed by atoms with E-state index in [2.05, 4.69) is 24.4 Å². The van der Waals surface area contributed by atoms with Gasteiger partial charge in [0.2, 0.25) is 0 Å². The van der Waals surface area contributed by atoms with Crippen molar-refractivity contribution in [1.29, 1.82) is 0 Å². The monoisotopic (exact) mass is 205 g/mol. The molecule has 0 aliphatic carbocycles. The van der Waals surface area contributed by atoms with Crippen LogP contribution in [0.4, 0.5) is 0 Å². The van der Waals surface area contributed by atoms with Crippen molar-refractivity contribution in [3.63, 3.8) is 0 Å². The van der Waals surface area contributed by atoms with Crippen LogP contribution in [-0.4, -0.2) is 13.2 Å². The lowest BCUT2D eigenvalue weighted by atomic mass is 9.93. The van der Waals surface area contributed by atoms with Crippen molar-refractivity contribution in [3.05, 3.63) is 29.8 Å². The second-order valence-corrected chi connectivity index (χ2v) is 4.29. The highest BCUT2D eigenvalue weighted by atomic mass is 16.5. The molecule has 15 heavy (non-hydrogen) atoms. The molecule has 1 heterocycles. The summed E-state index contributed by atoms with van der Waals surface area (Å²) in [5, 5.41) is 3.63. The van der Waals surface area contributed by atoms with Crippen LogP contribution in [0.2, 0.25) is 0 Å². The normalized spacial score (nSPS) is 26.3. The summed E-state index contributed by atoms with van der Waals surface area (Å²) in [6.07, 6.45) is 3.80. The minimum Gasteiger partial charge on any atom is -0.496 e. The van der Waals surface area contributed by atoms with Crippen LogP contribution in [0.25, 0.3) is 0 Å². The average Bonchev–Trinajstić information content (AvgIpc) is 2.29. The first-order chi connectivity index (χ1) is 7.31. The number of benzene rings is 1. The predicted molar refractivity (Wildman–Crippen MR) is 62.2 cm³/mol. The van der Waals surface area contributed by atoms with E-state index in [4.69, 9.17) is 4.74 Å². The van der Waals surface area contributed by atoms with Crippen molar-refractivity contribution in [3.8, 4) is 5.75 Å². The third-order valence-electron chi connectivity index (χ3n) is 3.13. The molecule has 0 unspecified atom stereocenters. The van der Waals surface area contributed by atoms with Gasteiger partial charge in [0.25, 0.3) is 0 Å². The zero-order chi connectivity index (χ0) is 10.7. The lowest BCUT2D eigenvalue weighted by Crippen LogP contribution is -2.34. The molecule has 1 aromatic carbocycles. The van der Waals surface area contributed by atoms with Gasteiger partial charge in [0.05, 0.1) is 7.11 Å². The third-order valence-corrected chi connectivity index (χ3v) is 3.13. The zero-order valence-corrected chi connectivity index (χ0v) is 9.49. The zero-order valence-electron chi connectivity index (χ0n) is 9.49. The minimum absolute atomic E-state index is 0.463. The molecular weight excluding hydrogens is 186 g/mol. The molecule has 2 heteroatoms. The van der Waals surface area contributed by atoms with Gasteiger partial charge in [-0.15, -0.1) is 0 Å². The Morgan fingerprint density at radius 2 is 2.07 bits per heavy atom. The van der Waals surface area contributed by atoms with Crippen molar-refractivity contribution in [2.24, 2.45) is 0 Å². The summed E-state index contributed by atoms with van der Waals surface area (Å²) in [5.41, 5.74) is 1.30. The highest BCUT2D eigenvalue weighted by molar-refractivity contribution is 5.36. The van der Waals surface area contributed by atoms with Gasteiger partial charge < -0.3 is 10.1 Å². The number of ether oxygens (including phenoxy) is 1. The fourth-order valence-corrected chi connectivity index (χ4v) is 2.34. The molecule has 2 nitrogen and oxygen atoms in total. The number of piperidine rings is 1. The van der Waals surface area contributed by atoms with E-state index in [1.165, 1.54) is 24.8 Å². The maximum absolute atomic E-state index is 5.39. The lowest BCUT2D eigenvalue weighted by Gasteiger charge is -2.29. The van der Waals surface area contributed by atoms with Gasteiger partial charge in [-0.1, -0.05) is 24.6 Å². The molecule has 2 atom stereocenters. The number of hydrogen-bond acceptors (Lipinski definition) is 2. The van der Waals surface area contributed by atoms with E-state index in [0.717, 1.165) is 5.75 Å². The predicted octanol–water partition coefficient (Wildman–Crippen LogP) is 2.90. The third kappa shape index (κ3) is 2.32. The van der Waals surface area contributed by atoms with Gasteiger partial charge in [-0.2, -0.15) is 0 Å². The molecule has 1 aliphatic rings. The summed E-state index contributed by atoms with van der Waals surface area (Å²) in [6, 6.07) is 9.39. The summed E-state index contributed by atoms with van der Waals surface area (Å²) in [7, 11) is 1.74. The molecule has 2 rings (SSSR count). The van der Waals surface area contributed by atoms with Crippen molar-refractivity contribution < 1.29 is 4.74 Å². The van der Waals surface area contributed by atoms with Crippen LogP contribution in [0, 0.1) is 0 Å². The van der Waals surface area contributed by atoms with Crippen LogP contribution in [0.3, 0.4) is 0 Å². The smallest absolute Gasteiger partial charge is 0.123 e. The van der Waals surface area contributed by atoms with Gasteiger partial charge in [0.15, 0.2) is 0 Å². The number of rotatable bonds is 2. The van der Waals surface area contributed by atoms with Gasteiger partial charge in [0, 0.05) is 17.6 Å². The highest BCUT2D eigenvalue weighted by Gasteiger charge is 2.21. The lowest BCUT2D eigenvalue weighted by molar-refractivity contribution is 0.328. The van der Waals surface area contributed by atoms with Crippen molar-refractivity contribution in [2.75, 3.05) is 7.11 Å². The second kappa shape index (κ2) is 4.67. The maximum atomic E-state index is 5.39. The first-order valence-corrected chi connectivity index (χ1v) is 5.70. The molecule has 0 amide bonds. The van der Waals surface area contributed by atoms with E-state index in [0.29, 0.717) is 12.1 Å². The number of hydrogen-bond donors (Lipinski definition) is 1. The summed E-state index contributed by atoms with van der Waals surface area (Å²) in [4.78, 5) is 0. The average molecular weight is 205 g/mol. The molecule has 1 N–H and O–H groups in total. The summed E-state index contributed by atoms with van der Waals surface area (Å²) < 4.78 is 5.39. The van der Waals surface area contributed by atoms with Gasteiger partial charge >= 0.3 is 0 Å². The fourth-order valence-electron chi connectivity index (χ4n) is 2.34. The SMILES string of the molecule is COc1ccccc1[C@@H]1CCC[C@@H](C)N1. The number of methoxy groups -OCH3 is 1. The Balaban J connectivity index is 2.20. The topological polar surface area (TPSA) is 21.3 Å². The van der Waals surface area contributed by atoms with Gasteiger partial charge in [0.1, 0.15) is 5.75 Å². The molecule has 0 bridgehead atoms. The number of nitrogens with one attached hydrogen (secondary N) is 1. The van der Waals surface area contributed by atoms with Crippen molar-refractivity contribution >= 4 is 0 Å². The van der Waals surface area contributed by atoms with Gasteiger partial charge in [-0.05, 0) is 25.8 Å². The minimum atomic E-state index is 0.463. The Bertz CT molecular complexity index is 324. The molecule has 0 saturated carbocycles. The maximum Gasteiger partial charge on any atom is 0.123 e. The van der Waals surface area contributed by atoms with E-state index in [-0.39, 0.29) is 0 Å². The van der Waals surface area contributed by atoms with E-state index in [1.807, 2.05) is 12.1 Å². The van der Waals surface area contributed by atoms with Crippen LogP contribution in [0.15, 0.2) is 24.3 Å². The molecule has 1 aromatic rings. The van der Waals surface area contributed by atoms with E-state index < -0.39 is 0 Å². The summed E-state index contributed by atoms with van der Waals surface area (Å²) >= 11 is 0. The second-order valence-electron chi connectivity index (χ2n) is 4.29. The Morgan fingerprint density at radius 1 is 1.27 bits per heavy atom. The Morgan fingerprint density at radius 3 is 2.80 bits per heavy atom. The van der Waals surface area contributed by atoms with Crippen molar-refractivity contribution in [2.45, 2.75) is 38.3 Å². The quantitative estimate of drug-likeness (QED) is 0.801. The van der Waals surface area contributed by atoms with Crippen LogP contribution in [0.5, 0.6) is 5.75 Å². The molecule has 0 aromatic heterocycles. The van der Waals surface area contributed by atoms with Crippen LogP contribution >= 0.6 is 0 Å². The number of para-hydroxylation sites is 1. The Hall–Kier alpha value is -1.02. The largest absolute Gasteiger partial charge is 0.496 e. The molecular formula is C13H19NO. The van der Waals surface area contributed by atoms with E-state index >= 15 is 0 Å². The van der Waals surface area contributed by atoms with Gasteiger partial charge in [-0.3, -0.25) is 0 Å². The summed E-state index contributed by atoms with van der Waals surface area (Å²) in [5.74, 6) is 1.00. The Kier molecular flexibility index (Phi) is 3.27. The van der Waals surface area contributed by atoms with Crippen LogP contribution in [-0.2, 0) is 0 Å². The fraction of sp³-hybridized carbons (Fsp3) is 0.538. The Labute approximate surface area is 91.6 Å². The first kappa shape index (κ1) is 10.5. The molecule has 1 saturated heterocycles. The molecule has 1 fully saturated rings. The van der Waals surface area contributed by atoms with E-state index in [1.54, 1.807) is 7.11 Å². The molecule has 82 valence electrons. The van der Waals surface area contributed by atoms with Crippen LogP contribution in [0.1, 0.15) is 37.8 Å².